The van der Waals surface area contributed by atoms with Crippen LogP contribution < -0.4 is 5.32 Å². The van der Waals surface area contributed by atoms with E-state index in [1.165, 1.54) is 43.4 Å². The molecular formula is C23H26N4O2S. The van der Waals surface area contributed by atoms with E-state index < -0.39 is 0 Å². The number of hydrogen-bond donors (Lipinski definition) is 1. The topological polar surface area (TPSA) is 67.4 Å². The first-order valence-electron chi connectivity index (χ1n) is 10.7. The first-order valence-corrected chi connectivity index (χ1v) is 11.6. The number of pyridine rings is 1. The molecule has 2 aromatic heterocycles. The smallest absolute Gasteiger partial charge is 0.258 e. The molecule has 5 rings (SSSR count). The maximum atomic E-state index is 13.0. The van der Waals surface area contributed by atoms with Crippen LogP contribution in [0.1, 0.15) is 54.3 Å². The molecule has 1 amide bonds. The van der Waals surface area contributed by atoms with Crippen molar-refractivity contribution in [2.45, 2.75) is 44.2 Å². The zero-order valence-electron chi connectivity index (χ0n) is 16.9. The van der Waals surface area contributed by atoms with E-state index in [2.05, 4.69) is 15.2 Å². The van der Waals surface area contributed by atoms with E-state index in [9.17, 15) is 4.79 Å². The third-order valence-electron chi connectivity index (χ3n) is 6.15. The molecule has 0 radical (unpaired) electrons. The molecule has 2 aliphatic rings. The highest BCUT2D eigenvalue weighted by Gasteiger charge is 2.29. The second-order valence-corrected chi connectivity index (χ2v) is 8.94. The summed E-state index contributed by atoms with van der Waals surface area (Å²) < 4.78 is 6.13. The van der Waals surface area contributed by atoms with Crippen molar-refractivity contribution in [3.05, 3.63) is 53.2 Å². The summed E-state index contributed by atoms with van der Waals surface area (Å²) >= 11 is 1.41. The van der Waals surface area contributed by atoms with E-state index in [4.69, 9.17) is 9.72 Å². The Kier molecular flexibility index (Phi) is 5.75. The van der Waals surface area contributed by atoms with Gasteiger partial charge in [0.1, 0.15) is 6.10 Å². The van der Waals surface area contributed by atoms with Gasteiger partial charge < -0.3 is 4.74 Å². The number of nitrogens with one attached hydrogen (secondary N) is 1. The molecule has 1 unspecified atom stereocenters. The molecule has 2 fully saturated rings. The summed E-state index contributed by atoms with van der Waals surface area (Å²) in [7, 11) is 0. The predicted octanol–water partition coefficient (Wildman–Crippen LogP) is 4.65. The van der Waals surface area contributed by atoms with Crippen molar-refractivity contribution in [2.24, 2.45) is 0 Å². The number of fused-ring (bicyclic) bond motifs is 1. The van der Waals surface area contributed by atoms with E-state index >= 15 is 0 Å². The minimum Gasteiger partial charge on any atom is -0.369 e. The number of ether oxygens (including phenoxy) is 1. The minimum absolute atomic E-state index is 0.114. The molecule has 1 saturated carbocycles. The van der Waals surface area contributed by atoms with Crippen molar-refractivity contribution in [2.75, 3.05) is 25.0 Å². The molecule has 3 heterocycles. The number of amides is 1. The molecule has 1 aliphatic carbocycles. The van der Waals surface area contributed by atoms with Crippen LogP contribution in [0, 0.1) is 0 Å². The van der Waals surface area contributed by atoms with Gasteiger partial charge >= 0.3 is 0 Å². The fraction of sp³-hybridized carbons (Fsp3) is 0.435. The standard InChI is InChI=1S/C23H26N4O2S/c28-22(26-23-24-10-13-30-23)18-14-20(25-19-9-5-4-8-17(18)19)21-15-27(11-12-29-21)16-6-2-1-3-7-16/h4-5,8-10,13-14,16,21H,1-3,6-7,11-12,15H2,(H,24,26,28). The van der Waals surface area contributed by atoms with Crippen molar-refractivity contribution in [1.82, 2.24) is 14.9 Å². The molecule has 1 aromatic carbocycles. The van der Waals surface area contributed by atoms with Crippen molar-refractivity contribution in [1.29, 1.82) is 0 Å². The molecule has 6 nitrogen and oxygen atoms in total. The Hall–Kier alpha value is -2.35. The number of anilines is 1. The third-order valence-corrected chi connectivity index (χ3v) is 6.84. The van der Waals surface area contributed by atoms with Gasteiger partial charge in [0, 0.05) is 36.1 Å². The van der Waals surface area contributed by atoms with Gasteiger partial charge in [0.25, 0.3) is 5.91 Å². The Balaban J connectivity index is 1.44. The van der Waals surface area contributed by atoms with Gasteiger partial charge in [-0.2, -0.15) is 0 Å². The number of para-hydroxylation sites is 1. The Bertz CT molecular complexity index is 1020. The summed E-state index contributed by atoms with van der Waals surface area (Å²) in [6, 6.07) is 10.3. The second kappa shape index (κ2) is 8.79. The zero-order chi connectivity index (χ0) is 20.3. The van der Waals surface area contributed by atoms with Crippen molar-refractivity contribution < 1.29 is 9.53 Å². The molecule has 156 valence electrons. The average molecular weight is 423 g/mol. The summed E-state index contributed by atoms with van der Waals surface area (Å²) in [6.45, 7) is 2.52. The lowest BCUT2D eigenvalue weighted by atomic mass is 9.93. The first-order chi connectivity index (χ1) is 14.8. The molecule has 1 N–H and O–H groups in total. The van der Waals surface area contributed by atoms with Crippen molar-refractivity contribution in [3.63, 3.8) is 0 Å². The van der Waals surface area contributed by atoms with Gasteiger partial charge in [-0.3, -0.25) is 15.0 Å². The number of nitrogens with zero attached hydrogens (tertiary/aromatic N) is 3. The van der Waals surface area contributed by atoms with Crippen LogP contribution in [0.2, 0.25) is 0 Å². The maximum absolute atomic E-state index is 13.0. The van der Waals surface area contributed by atoms with E-state index in [0.717, 1.165) is 29.7 Å². The number of hydrogen-bond acceptors (Lipinski definition) is 6. The fourth-order valence-corrected chi connectivity index (χ4v) is 5.15. The van der Waals surface area contributed by atoms with Crippen LogP contribution in [0.5, 0.6) is 0 Å². The SMILES string of the molecule is O=C(Nc1nccs1)c1cc(C2CN(C3CCCCC3)CCO2)nc2ccccc12. The molecule has 7 heteroatoms. The lowest BCUT2D eigenvalue weighted by Gasteiger charge is -2.39. The number of aromatic nitrogens is 2. The van der Waals surface area contributed by atoms with Gasteiger partial charge in [-0.15, -0.1) is 11.3 Å². The Morgan fingerprint density at radius 1 is 1.20 bits per heavy atom. The van der Waals surface area contributed by atoms with Gasteiger partial charge in [0.05, 0.1) is 23.4 Å². The van der Waals surface area contributed by atoms with E-state index in [-0.39, 0.29) is 12.0 Å². The molecule has 1 atom stereocenters. The van der Waals surface area contributed by atoms with Gasteiger partial charge in [0.15, 0.2) is 5.13 Å². The highest BCUT2D eigenvalue weighted by molar-refractivity contribution is 7.13. The number of carbonyl (C=O) groups is 1. The molecule has 0 spiro atoms. The lowest BCUT2D eigenvalue weighted by Crippen LogP contribution is -2.45. The van der Waals surface area contributed by atoms with Gasteiger partial charge in [-0.05, 0) is 25.0 Å². The first kappa shape index (κ1) is 19.6. The number of carbonyl (C=O) groups excluding carboxylic acids is 1. The summed E-state index contributed by atoms with van der Waals surface area (Å²) in [5.74, 6) is -0.162. The van der Waals surface area contributed by atoms with Crippen LogP contribution in [0.15, 0.2) is 41.9 Å². The molecule has 1 aliphatic heterocycles. The predicted molar refractivity (Wildman–Crippen MR) is 119 cm³/mol. The van der Waals surface area contributed by atoms with E-state index in [0.29, 0.717) is 23.3 Å². The quantitative estimate of drug-likeness (QED) is 0.663. The Labute approximate surface area is 180 Å². The van der Waals surface area contributed by atoms with Gasteiger partial charge in [-0.25, -0.2) is 9.97 Å². The van der Waals surface area contributed by atoms with Crippen LogP contribution in [-0.4, -0.2) is 46.5 Å². The van der Waals surface area contributed by atoms with Crippen LogP contribution in [0.4, 0.5) is 5.13 Å². The Morgan fingerprint density at radius 3 is 2.90 bits per heavy atom. The summed E-state index contributed by atoms with van der Waals surface area (Å²) in [4.78, 5) is 24.7. The van der Waals surface area contributed by atoms with Crippen molar-refractivity contribution in [3.8, 4) is 0 Å². The highest BCUT2D eigenvalue weighted by atomic mass is 32.1. The van der Waals surface area contributed by atoms with Crippen LogP contribution in [0.3, 0.4) is 0 Å². The monoisotopic (exact) mass is 422 g/mol. The highest BCUT2D eigenvalue weighted by Crippen LogP contribution is 2.30. The van der Waals surface area contributed by atoms with Gasteiger partial charge in [-0.1, -0.05) is 37.5 Å². The lowest BCUT2D eigenvalue weighted by molar-refractivity contribution is -0.0515. The molecule has 30 heavy (non-hydrogen) atoms. The van der Waals surface area contributed by atoms with Crippen LogP contribution in [-0.2, 0) is 4.74 Å². The summed E-state index contributed by atoms with van der Waals surface area (Å²) in [5.41, 5.74) is 2.26. The van der Waals surface area contributed by atoms with E-state index in [1.807, 2.05) is 35.7 Å². The molecular weight excluding hydrogens is 396 g/mol. The van der Waals surface area contributed by atoms with Crippen molar-refractivity contribution >= 4 is 33.3 Å². The molecule has 0 bridgehead atoms. The maximum Gasteiger partial charge on any atom is 0.258 e. The number of thiazole rings is 1. The second-order valence-electron chi connectivity index (χ2n) is 8.05. The number of morpholine rings is 1. The average Bonchev–Trinajstić information content (AvgIpc) is 3.32. The Morgan fingerprint density at radius 2 is 2.07 bits per heavy atom. The van der Waals surface area contributed by atoms with Crippen LogP contribution in [0.25, 0.3) is 10.9 Å². The normalized spacial score (nSPS) is 21.0. The summed E-state index contributed by atoms with van der Waals surface area (Å²) in [6.07, 6.45) is 8.12. The van der Waals surface area contributed by atoms with Gasteiger partial charge in [0.2, 0.25) is 0 Å². The number of rotatable bonds is 4. The molecule has 1 saturated heterocycles. The number of benzene rings is 1. The summed E-state index contributed by atoms with van der Waals surface area (Å²) in [5, 5.41) is 6.20. The fourth-order valence-electron chi connectivity index (χ4n) is 4.62. The minimum atomic E-state index is -0.162. The van der Waals surface area contributed by atoms with E-state index in [1.54, 1.807) is 6.20 Å². The largest absolute Gasteiger partial charge is 0.369 e. The van der Waals surface area contributed by atoms with Crippen LogP contribution >= 0.6 is 11.3 Å². The zero-order valence-corrected chi connectivity index (χ0v) is 17.7. The third kappa shape index (κ3) is 4.10. The molecule has 3 aromatic rings.